The van der Waals surface area contributed by atoms with Crippen molar-refractivity contribution in [1.82, 2.24) is 0 Å². The highest BCUT2D eigenvalue weighted by Gasteiger charge is 2.30. The molecule has 0 bridgehead atoms. The smallest absolute Gasteiger partial charge is 0.343 e. The third-order valence-corrected chi connectivity index (χ3v) is 2.77. The fourth-order valence-corrected chi connectivity index (χ4v) is 1.77. The molecule has 0 saturated carbocycles. The Morgan fingerprint density at radius 1 is 1.09 bits per heavy atom. The lowest BCUT2D eigenvalue weighted by Crippen LogP contribution is -2.30. The summed E-state index contributed by atoms with van der Waals surface area (Å²) >= 11 is 0. The summed E-state index contributed by atoms with van der Waals surface area (Å²) in [6, 6.07) is 9.07. The van der Waals surface area contributed by atoms with Crippen LogP contribution in [0.25, 0.3) is 0 Å². The average molecular weight is 309 g/mol. The van der Waals surface area contributed by atoms with Gasteiger partial charge in [0.25, 0.3) is 5.91 Å². The molecule has 0 unspecified atom stereocenters. The van der Waals surface area contributed by atoms with Crippen molar-refractivity contribution in [1.29, 1.82) is 0 Å². The number of hydrogen-bond acceptors (Lipinski definition) is 6. The Balaban J connectivity index is 3.00. The molecule has 2 N–H and O–H groups in total. The van der Waals surface area contributed by atoms with Gasteiger partial charge in [-0.1, -0.05) is 30.3 Å². The first-order valence-corrected chi connectivity index (χ1v) is 6.39. The molecule has 0 spiro atoms. The minimum absolute atomic E-state index is 0.0269. The number of hydrogen-bond donors (Lipinski definition) is 1. The van der Waals surface area contributed by atoms with Gasteiger partial charge >= 0.3 is 5.97 Å². The van der Waals surface area contributed by atoms with Crippen molar-refractivity contribution >= 4 is 11.9 Å². The van der Waals surface area contributed by atoms with Gasteiger partial charge in [0.05, 0.1) is 7.11 Å². The number of methoxy groups -OCH3 is 3. The Morgan fingerprint density at radius 3 is 2.14 bits per heavy atom. The van der Waals surface area contributed by atoms with Gasteiger partial charge in [-0.15, -0.1) is 0 Å². The summed E-state index contributed by atoms with van der Waals surface area (Å²) in [5.74, 6) is -2.10. The highest BCUT2D eigenvalue weighted by Crippen LogP contribution is 2.17. The normalized spacial score (nSPS) is 11.8. The summed E-state index contributed by atoms with van der Waals surface area (Å²) in [6.45, 7) is 0.0269. The van der Waals surface area contributed by atoms with E-state index < -0.39 is 18.2 Å². The first-order chi connectivity index (χ1) is 10.5. The molecule has 7 nitrogen and oxygen atoms in total. The number of rotatable bonds is 8. The van der Waals surface area contributed by atoms with E-state index in [1.54, 1.807) is 12.1 Å². The number of amides is 1. The van der Waals surface area contributed by atoms with Crippen LogP contribution < -0.4 is 5.73 Å². The molecular weight excluding hydrogens is 290 g/mol. The van der Waals surface area contributed by atoms with E-state index in [1.165, 1.54) is 21.3 Å². The number of primary amides is 1. The molecule has 1 rings (SSSR count). The topological polar surface area (TPSA) is 97.1 Å². The highest BCUT2D eigenvalue weighted by atomic mass is 16.7. The Morgan fingerprint density at radius 2 is 1.68 bits per heavy atom. The lowest BCUT2D eigenvalue weighted by atomic mass is 10.2. The zero-order valence-corrected chi connectivity index (χ0v) is 12.7. The van der Waals surface area contributed by atoms with Gasteiger partial charge in [-0.05, 0) is 5.56 Å². The van der Waals surface area contributed by atoms with Crippen LogP contribution >= 0.6 is 0 Å². The van der Waals surface area contributed by atoms with E-state index >= 15 is 0 Å². The van der Waals surface area contributed by atoms with Gasteiger partial charge in [0.15, 0.2) is 12.0 Å². The summed E-state index contributed by atoms with van der Waals surface area (Å²) in [6.07, 6.45) is -1.13. The van der Waals surface area contributed by atoms with Crippen LogP contribution in [0.2, 0.25) is 0 Å². The van der Waals surface area contributed by atoms with Gasteiger partial charge in [-0.25, -0.2) is 4.79 Å². The summed E-state index contributed by atoms with van der Waals surface area (Å²) in [7, 11) is 3.84. The SMILES string of the molecule is CO/C(C(N)=O)=C(\C(=O)OCc1ccccc1)C(OC)OC. The van der Waals surface area contributed by atoms with Crippen molar-refractivity contribution in [3.05, 3.63) is 47.2 Å². The zero-order valence-electron chi connectivity index (χ0n) is 12.7. The molecule has 120 valence electrons. The van der Waals surface area contributed by atoms with E-state index in [-0.39, 0.29) is 17.9 Å². The maximum Gasteiger partial charge on any atom is 0.343 e. The number of carbonyl (C=O) groups is 2. The molecule has 0 fully saturated rings. The maximum atomic E-state index is 12.3. The van der Waals surface area contributed by atoms with Gasteiger partial charge in [-0.2, -0.15) is 0 Å². The van der Waals surface area contributed by atoms with Crippen LogP contribution in [-0.4, -0.2) is 39.5 Å². The first-order valence-electron chi connectivity index (χ1n) is 6.39. The molecule has 0 radical (unpaired) electrons. The van der Waals surface area contributed by atoms with Crippen molar-refractivity contribution in [3.63, 3.8) is 0 Å². The van der Waals surface area contributed by atoms with Gasteiger partial charge < -0.3 is 24.7 Å². The Bertz CT molecular complexity index is 536. The molecular formula is C15H19NO6. The summed E-state index contributed by atoms with van der Waals surface area (Å²) in [5.41, 5.74) is 5.77. The van der Waals surface area contributed by atoms with E-state index in [2.05, 4.69) is 0 Å². The Labute approximate surface area is 128 Å². The lowest BCUT2D eigenvalue weighted by molar-refractivity contribution is -0.148. The molecule has 1 aromatic carbocycles. The molecule has 0 aliphatic heterocycles. The number of benzene rings is 1. The summed E-state index contributed by atoms with van der Waals surface area (Å²) in [4.78, 5) is 23.7. The molecule has 0 saturated heterocycles. The van der Waals surface area contributed by atoms with Crippen molar-refractivity contribution in [2.24, 2.45) is 5.73 Å². The predicted molar refractivity (Wildman–Crippen MR) is 77.3 cm³/mol. The van der Waals surface area contributed by atoms with Crippen LogP contribution in [0.1, 0.15) is 5.56 Å². The molecule has 1 aromatic rings. The summed E-state index contributed by atoms with van der Waals surface area (Å²) < 4.78 is 20.0. The van der Waals surface area contributed by atoms with Crippen LogP contribution in [0.4, 0.5) is 0 Å². The standard InChI is InChI=1S/C15H19NO6/c1-19-12(13(16)17)11(15(20-2)21-3)14(18)22-9-10-7-5-4-6-8-10/h4-8,15H,9H2,1-3H3,(H2,16,17)/b12-11+. The second-order valence-corrected chi connectivity index (χ2v) is 4.18. The van der Waals surface area contributed by atoms with E-state index in [9.17, 15) is 9.59 Å². The number of esters is 1. The third kappa shape index (κ3) is 4.57. The number of nitrogens with two attached hydrogens (primary N) is 1. The molecule has 1 amide bonds. The molecule has 0 heterocycles. The van der Waals surface area contributed by atoms with E-state index in [1.807, 2.05) is 18.2 Å². The molecule has 0 aliphatic carbocycles. The fourth-order valence-electron chi connectivity index (χ4n) is 1.77. The van der Waals surface area contributed by atoms with Crippen molar-refractivity contribution in [2.75, 3.05) is 21.3 Å². The van der Waals surface area contributed by atoms with Crippen LogP contribution in [0.15, 0.2) is 41.7 Å². The van der Waals surface area contributed by atoms with Crippen molar-refractivity contribution in [3.8, 4) is 0 Å². The van der Waals surface area contributed by atoms with Gasteiger partial charge in [-0.3, -0.25) is 4.79 Å². The lowest BCUT2D eigenvalue weighted by Gasteiger charge is -2.18. The Kier molecular flexibility index (Phi) is 7.07. The van der Waals surface area contributed by atoms with Crippen LogP contribution in [0, 0.1) is 0 Å². The van der Waals surface area contributed by atoms with Gasteiger partial charge in [0.2, 0.25) is 0 Å². The highest BCUT2D eigenvalue weighted by molar-refractivity contribution is 6.01. The minimum Gasteiger partial charge on any atom is -0.491 e. The molecule has 7 heteroatoms. The Hall–Kier alpha value is -2.38. The van der Waals surface area contributed by atoms with E-state index in [0.717, 1.165) is 5.56 Å². The molecule has 22 heavy (non-hydrogen) atoms. The number of ether oxygens (including phenoxy) is 4. The van der Waals surface area contributed by atoms with Gasteiger partial charge in [0, 0.05) is 14.2 Å². The van der Waals surface area contributed by atoms with Crippen LogP contribution in [-0.2, 0) is 35.1 Å². The van der Waals surface area contributed by atoms with E-state index in [4.69, 9.17) is 24.7 Å². The predicted octanol–water partition coefficient (Wildman–Crippen LogP) is 0.734. The molecule has 0 aliphatic rings. The fraction of sp³-hybridized carbons (Fsp3) is 0.333. The van der Waals surface area contributed by atoms with Gasteiger partial charge in [0.1, 0.15) is 12.2 Å². The second-order valence-electron chi connectivity index (χ2n) is 4.18. The third-order valence-electron chi connectivity index (χ3n) is 2.77. The van der Waals surface area contributed by atoms with Crippen LogP contribution in [0.3, 0.4) is 0 Å². The average Bonchev–Trinajstić information content (AvgIpc) is 2.53. The molecule has 0 atom stereocenters. The first kappa shape index (κ1) is 17.7. The minimum atomic E-state index is -1.13. The number of carbonyl (C=O) groups excluding carboxylic acids is 2. The second kappa shape index (κ2) is 8.81. The monoisotopic (exact) mass is 309 g/mol. The summed E-state index contributed by atoms with van der Waals surface area (Å²) in [5, 5.41) is 0. The zero-order chi connectivity index (χ0) is 16.5. The quantitative estimate of drug-likeness (QED) is 0.329. The van der Waals surface area contributed by atoms with Crippen molar-refractivity contribution in [2.45, 2.75) is 12.9 Å². The largest absolute Gasteiger partial charge is 0.491 e. The van der Waals surface area contributed by atoms with Crippen molar-refractivity contribution < 1.29 is 28.5 Å². The molecule has 0 aromatic heterocycles. The van der Waals surface area contributed by atoms with E-state index in [0.29, 0.717) is 0 Å². The maximum absolute atomic E-state index is 12.3. The van der Waals surface area contributed by atoms with Crippen LogP contribution in [0.5, 0.6) is 0 Å².